The third-order valence-electron chi connectivity index (χ3n) is 5.13. The van der Waals surface area contributed by atoms with E-state index in [0.29, 0.717) is 19.4 Å². The molecule has 128 valence electrons. The summed E-state index contributed by atoms with van der Waals surface area (Å²) in [6.07, 6.45) is 7.74. The van der Waals surface area contributed by atoms with Crippen molar-refractivity contribution in [2.45, 2.75) is 63.3 Å². The number of imide groups is 1. The van der Waals surface area contributed by atoms with Crippen molar-refractivity contribution in [3.05, 3.63) is 0 Å². The second-order valence-electron chi connectivity index (χ2n) is 6.86. The summed E-state index contributed by atoms with van der Waals surface area (Å²) in [4.78, 5) is 37.7. The van der Waals surface area contributed by atoms with Gasteiger partial charge in [0, 0.05) is 26.1 Å². The van der Waals surface area contributed by atoms with E-state index in [0.717, 1.165) is 51.6 Å². The summed E-state index contributed by atoms with van der Waals surface area (Å²) in [5, 5.41) is 4.83. The number of hydrogen-bond acceptors (Lipinski definition) is 4. The molecule has 0 aromatic heterocycles. The van der Waals surface area contributed by atoms with E-state index in [9.17, 15) is 14.4 Å². The van der Waals surface area contributed by atoms with E-state index >= 15 is 0 Å². The van der Waals surface area contributed by atoms with Crippen molar-refractivity contribution in [1.82, 2.24) is 20.7 Å². The lowest BCUT2D eigenvalue weighted by molar-refractivity contribution is -0.132. The van der Waals surface area contributed by atoms with Crippen molar-refractivity contribution in [2.75, 3.05) is 19.6 Å². The Morgan fingerprint density at radius 1 is 1.09 bits per heavy atom. The van der Waals surface area contributed by atoms with Crippen LogP contribution >= 0.6 is 0 Å². The zero-order valence-corrected chi connectivity index (χ0v) is 13.6. The molecule has 1 aliphatic carbocycles. The van der Waals surface area contributed by atoms with Gasteiger partial charge >= 0.3 is 6.03 Å². The Morgan fingerprint density at radius 3 is 2.48 bits per heavy atom. The lowest BCUT2D eigenvalue weighted by Crippen LogP contribution is -2.45. The Bertz CT molecular complexity index is 482. The highest BCUT2D eigenvalue weighted by molar-refractivity contribution is 6.07. The van der Waals surface area contributed by atoms with Crippen LogP contribution < -0.4 is 10.7 Å². The van der Waals surface area contributed by atoms with E-state index < -0.39 is 5.54 Å². The van der Waals surface area contributed by atoms with Crippen molar-refractivity contribution < 1.29 is 14.4 Å². The predicted octanol–water partition coefficient (Wildman–Crippen LogP) is 1.15. The third kappa shape index (κ3) is 3.49. The molecule has 4 amide bonds. The van der Waals surface area contributed by atoms with Crippen LogP contribution in [0.15, 0.2) is 0 Å². The van der Waals surface area contributed by atoms with E-state index in [1.54, 1.807) is 0 Å². The number of hydrogen-bond donors (Lipinski definition) is 2. The zero-order valence-electron chi connectivity index (χ0n) is 13.6. The van der Waals surface area contributed by atoms with Crippen LogP contribution in [0.1, 0.15) is 57.8 Å². The van der Waals surface area contributed by atoms with Gasteiger partial charge in [0.1, 0.15) is 5.54 Å². The molecule has 0 radical (unpaired) electrons. The first-order valence-corrected chi connectivity index (χ1v) is 8.79. The third-order valence-corrected chi connectivity index (χ3v) is 5.13. The molecular formula is C16H26N4O3. The summed E-state index contributed by atoms with van der Waals surface area (Å²) in [5.74, 6) is -0.133. The Hall–Kier alpha value is -1.63. The van der Waals surface area contributed by atoms with Gasteiger partial charge in [0.05, 0.1) is 0 Å². The van der Waals surface area contributed by atoms with Crippen LogP contribution in [0.25, 0.3) is 0 Å². The van der Waals surface area contributed by atoms with Crippen LogP contribution in [0.2, 0.25) is 0 Å². The van der Waals surface area contributed by atoms with Crippen molar-refractivity contribution in [2.24, 2.45) is 0 Å². The summed E-state index contributed by atoms with van der Waals surface area (Å²) in [6.45, 7) is 2.13. The molecule has 0 aromatic carbocycles. The highest BCUT2D eigenvalue weighted by Gasteiger charge is 2.51. The molecule has 0 atom stereocenters. The number of carbonyl (C=O) groups is 3. The Balaban J connectivity index is 1.42. The van der Waals surface area contributed by atoms with Crippen LogP contribution in [-0.2, 0) is 9.59 Å². The maximum atomic E-state index is 12.5. The van der Waals surface area contributed by atoms with Crippen molar-refractivity contribution in [3.63, 3.8) is 0 Å². The first-order valence-electron chi connectivity index (χ1n) is 8.79. The number of nitrogens with one attached hydrogen (secondary N) is 2. The lowest BCUT2D eigenvalue weighted by atomic mass is 9.98. The fraction of sp³-hybridized carbons (Fsp3) is 0.812. The minimum atomic E-state index is -0.646. The summed E-state index contributed by atoms with van der Waals surface area (Å²) in [6, 6.07) is -0.298. The molecule has 2 N–H and O–H groups in total. The van der Waals surface area contributed by atoms with Gasteiger partial charge in [-0.2, -0.15) is 0 Å². The number of nitrogens with zero attached hydrogens (tertiary/aromatic N) is 2. The van der Waals surface area contributed by atoms with E-state index in [1.165, 1.54) is 11.3 Å². The van der Waals surface area contributed by atoms with Gasteiger partial charge in [0.15, 0.2) is 0 Å². The zero-order chi connectivity index (χ0) is 16.3. The van der Waals surface area contributed by atoms with Gasteiger partial charge in [0.2, 0.25) is 5.91 Å². The predicted molar refractivity (Wildman–Crippen MR) is 84.2 cm³/mol. The molecule has 2 heterocycles. The fourth-order valence-corrected chi connectivity index (χ4v) is 3.83. The van der Waals surface area contributed by atoms with Crippen molar-refractivity contribution in [3.8, 4) is 0 Å². The molecule has 7 heteroatoms. The van der Waals surface area contributed by atoms with Gasteiger partial charge in [-0.05, 0) is 32.1 Å². The summed E-state index contributed by atoms with van der Waals surface area (Å²) >= 11 is 0. The molecule has 23 heavy (non-hydrogen) atoms. The molecule has 0 aromatic rings. The van der Waals surface area contributed by atoms with E-state index in [4.69, 9.17) is 0 Å². The minimum Gasteiger partial charge on any atom is -0.323 e. The second kappa shape index (κ2) is 6.86. The monoisotopic (exact) mass is 322 g/mol. The molecular weight excluding hydrogens is 296 g/mol. The normalized spacial score (nSPS) is 24.3. The highest BCUT2D eigenvalue weighted by atomic mass is 16.2. The standard InChI is InChI=1S/C16H26N4O3/c21-13(18-19-10-4-1-5-11-19)7-6-12-20-14(22)16(17-15(20)23)8-2-3-9-16/h1-12H2,(H,17,23)(H,18,21). The topological polar surface area (TPSA) is 81.8 Å². The maximum Gasteiger partial charge on any atom is 0.325 e. The van der Waals surface area contributed by atoms with Crippen LogP contribution in [-0.4, -0.2) is 52.9 Å². The Morgan fingerprint density at radius 2 is 1.78 bits per heavy atom. The van der Waals surface area contributed by atoms with Gasteiger partial charge in [-0.3, -0.25) is 19.9 Å². The quantitative estimate of drug-likeness (QED) is 0.744. The SMILES string of the molecule is O=C(CCCN1C(=O)NC2(CCCC2)C1=O)NN1CCCCC1. The largest absolute Gasteiger partial charge is 0.325 e. The molecule has 0 bridgehead atoms. The molecule has 2 aliphatic heterocycles. The molecule has 0 unspecified atom stereocenters. The average molecular weight is 322 g/mol. The average Bonchev–Trinajstić information content (AvgIpc) is 3.09. The molecule has 3 aliphatic rings. The molecule has 3 fully saturated rings. The van der Waals surface area contributed by atoms with Gasteiger partial charge in [-0.25, -0.2) is 9.80 Å². The number of carbonyl (C=O) groups excluding carboxylic acids is 3. The summed E-state index contributed by atoms with van der Waals surface area (Å²) < 4.78 is 0. The Labute approximate surface area is 136 Å². The molecule has 1 saturated carbocycles. The Kier molecular flexibility index (Phi) is 4.84. The molecule has 2 saturated heterocycles. The number of urea groups is 1. The van der Waals surface area contributed by atoms with Gasteiger partial charge in [-0.1, -0.05) is 19.3 Å². The van der Waals surface area contributed by atoms with Gasteiger partial charge in [-0.15, -0.1) is 0 Å². The minimum absolute atomic E-state index is 0.0328. The first-order chi connectivity index (χ1) is 11.1. The second-order valence-corrected chi connectivity index (χ2v) is 6.86. The van der Waals surface area contributed by atoms with Gasteiger partial charge in [0.25, 0.3) is 5.91 Å². The molecule has 3 rings (SSSR count). The summed E-state index contributed by atoms with van der Waals surface area (Å²) in [7, 11) is 0. The molecule has 1 spiro atoms. The number of rotatable bonds is 5. The number of piperidine rings is 1. The van der Waals surface area contributed by atoms with Gasteiger partial charge < -0.3 is 5.32 Å². The summed E-state index contributed by atoms with van der Waals surface area (Å²) in [5.41, 5.74) is 2.26. The lowest BCUT2D eigenvalue weighted by Gasteiger charge is -2.26. The number of amides is 4. The fourth-order valence-electron chi connectivity index (χ4n) is 3.83. The highest BCUT2D eigenvalue weighted by Crippen LogP contribution is 2.35. The van der Waals surface area contributed by atoms with Crippen molar-refractivity contribution >= 4 is 17.8 Å². The smallest absolute Gasteiger partial charge is 0.323 e. The first kappa shape index (κ1) is 16.2. The maximum absolute atomic E-state index is 12.5. The van der Waals surface area contributed by atoms with Crippen LogP contribution in [0.3, 0.4) is 0 Å². The van der Waals surface area contributed by atoms with Crippen LogP contribution in [0, 0.1) is 0 Å². The van der Waals surface area contributed by atoms with E-state index in [-0.39, 0.29) is 17.8 Å². The number of hydrazine groups is 1. The van der Waals surface area contributed by atoms with E-state index in [1.807, 2.05) is 5.01 Å². The molecule has 7 nitrogen and oxygen atoms in total. The van der Waals surface area contributed by atoms with Crippen LogP contribution in [0.4, 0.5) is 4.79 Å². The van der Waals surface area contributed by atoms with Crippen LogP contribution in [0.5, 0.6) is 0 Å². The van der Waals surface area contributed by atoms with Crippen molar-refractivity contribution in [1.29, 1.82) is 0 Å². The van der Waals surface area contributed by atoms with E-state index in [2.05, 4.69) is 10.7 Å².